The topological polar surface area (TPSA) is 90.0 Å². The fourth-order valence-electron chi connectivity index (χ4n) is 3.69. The summed E-state index contributed by atoms with van der Waals surface area (Å²) in [6, 6.07) is 10.2. The molecule has 0 radical (unpaired) electrons. The van der Waals surface area contributed by atoms with Crippen LogP contribution in [0, 0.1) is 6.92 Å². The van der Waals surface area contributed by atoms with Gasteiger partial charge in [0.05, 0.1) is 16.9 Å². The Morgan fingerprint density at radius 3 is 2.38 bits per heavy atom. The van der Waals surface area contributed by atoms with Crippen LogP contribution >= 0.6 is 0 Å². The van der Waals surface area contributed by atoms with Crippen LogP contribution in [0.3, 0.4) is 0 Å². The molecular formula is C21H27N3O4S. The molecule has 7 nitrogen and oxygen atoms in total. The molecule has 0 amide bonds. The zero-order valence-corrected chi connectivity index (χ0v) is 17.8. The molecule has 1 saturated heterocycles. The van der Waals surface area contributed by atoms with Gasteiger partial charge in [0.25, 0.3) is 10.0 Å². The van der Waals surface area contributed by atoms with Crippen LogP contribution in [-0.4, -0.2) is 57.6 Å². The van der Waals surface area contributed by atoms with E-state index in [9.17, 15) is 18.3 Å². The largest absolute Gasteiger partial charge is 0.478 e. The SMILES string of the molecule is CCc1ccc(NS(=O)(=O)c2ccccc2N2CCN(C)CC2)c(C(=O)O)c1C. The van der Waals surface area contributed by atoms with Crippen molar-refractivity contribution < 1.29 is 18.3 Å². The van der Waals surface area contributed by atoms with Crippen LogP contribution in [0.4, 0.5) is 11.4 Å². The fourth-order valence-corrected chi connectivity index (χ4v) is 4.99. The van der Waals surface area contributed by atoms with E-state index in [2.05, 4.69) is 14.5 Å². The number of nitrogens with zero attached hydrogens (tertiary/aromatic N) is 2. The number of sulfonamides is 1. The number of hydrogen-bond donors (Lipinski definition) is 2. The first-order valence-electron chi connectivity index (χ1n) is 9.65. The second kappa shape index (κ2) is 8.42. The summed E-state index contributed by atoms with van der Waals surface area (Å²) in [5.74, 6) is -1.15. The average Bonchev–Trinajstić information content (AvgIpc) is 2.68. The van der Waals surface area contributed by atoms with Gasteiger partial charge in [-0.3, -0.25) is 4.72 Å². The van der Waals surface area contributed by atoms with Crippen LogP contribution in [0.5, 0.6) is 0 Å². The lowest BCUT2D eigenvalue weighted by Crippen LogP contribution is -2.45. The summed E-state index contributed by atoms with van der Waals surface area (Å²) in [5.41, 5.74) is 2.16. The number of benzene rings is 2. The third kappa shape index (κ3) is 4.38. The number of rotatable bonds is 6. The van der Waals surface area contributed by atoms with Gasteiger partial charge in [0.1, 0.15) is 4.90 Å². The maximum atomic E-state index is 13.2. The lowest BCUT2D eigenvalue weighted by molar-refractivity contribution is 0.0697. The molecule has 1 aliphatic heterocycles. The van der Waals surface area contributed by atoms with Crippen molar-refractivity contribution in [1.82, 2.24) is 4.90 Å². The van der Waals surface area contributed by atoms with Crippen molar-refractivity contribution in [2.75, 3.05) is 42.8 Å². The Balaban J connectivity index is 2.00. The number of carboxylic acid groups (broad SMARTS) is 1. The van der Waals surface area contributed by atoms with E-state index >= 15 is 0 Å². The predicted octanol–water partition coefficient (Wildman–Crippen LogP) is 2.81. The molecule has 0 saturated carbocycles. The molecule has 2 aromatic carbocycles. The Labute approximate surface area is 172 Å². The van der Waals surface area contributed by atoms with Crippen molar-refractivity contribution in [2.24, 2.45) is 0 Å². The first kappa shape index (κ1) is 21.1. The molecule has 3 rings (SSSR count). The number of nitrogens with one attached hydrogen (secondary N) is 1. The van der Waals surface area contributed by atoms with Gasteiger partial charge in [-0.2, -0.15) is 0 Å². The number of anilines is 2. The van der Waals surface area contributed by atoms with Crippen molar-refractivity contribution in [1.29, 1.82) is 0 Å². The Morgan fingerprint density at radius 1 is 1.10 bits per heavy atom. The number of hydrogen-bond acceptors (Lipinski definition) is 5. The van der Waals surface area contributed by atoms with Gasteiger partial charge in [-0.1, -0.05) is 25.1 Å². The van der Waals surface area contributed by atoms with Gasteiger partial charge in [0, 0.05) is 26.2 Å². The number of carboxylic acids is 1. The molecule has 2 N–H and O–H groups in total. The second-order valence-corrected chi connectivity index (χ2v) is 8.95. The maximum Gasteiger partial charge on any atom is 0.338 e. The number of piperazine rings is 1. The molecule has 1 fully saturated rings. The number of para-hydroxylation sites is 1. The van der Waals surface area contributed by atoms with Crippen molar-refractivity contribution >= 4 is 27.4 Å². The Kier molecular flexibility index (Phi) is 6.14. The summed E-state index contributed by atoms with van der Waals surface area (Å²) in [6.07, 6.45) is 0.672. The molecule has 0 aromatic heterocycles. The highest BCUT2D eigenvalue weighted by Gasteiger charge is 2.26. The van der Waals surface area contributed by atoms with E-state index in [0.29, 0.717) is 17.7 Å². The molecule has 1 heterocycles. The van der Waals surface area contributed by atoms with Crippen molar-refractivity contribution in [2.45, 2.75) is 25.2 Å². The molecule has 0 spiro atoms. The molecule has 2 aromatic rings. The fraction of sp³-hybridized carbons (Fsp3) is 0.381. The number of likely N-dealkylation sites (N-methyl/N-ethyl adjacent to an activating group) is 1. The third-order valence-corrected chi connectivity index (χ3v) is 6.83. The van der Waals surface area contributed by atoms with Crippen LogP contribution in [0.15, 0.2) is 41.3 Å². The first-order valence-corrected chi connectivity index (χ1v) is 11.1. The van der Waals surface area contributed by atoms with Gasteiger partial charge in [-0.05, 0) is 49.7 Å². The second-order valence-electron chi connectivity index (χ2n) is 7.29. The molecule has 0 unspecified atom stereocenters. The summed E-state index contributed by atoms with van der Waals surface area (Å²) in [6.45, 7) is 6.80. The van der Waals surface area contributed by atoms with Crippen molar-refractivity contribution in [3.63, 3.8) is 0 Å². The average molecular weight is 418 g/mol. The molecular weight excluding hydrogens is 390 g/mol. The van der Waals surface area contributed by atoms with E-state index in [1.807, 2.05) is 20.0 Å². The summed E-state index contributed by atoms with van der Waals surface area (Å²) in [7, 11) is -1.93. The monoisotopic (exact) mass is 417 g/mol. The van der Waals surface area contributed by atoms with Gasteiger partial charge in [-0.15, -0.1) is 0 Å². The van der Waals surface area contributed by atoms with Gasteiger partial charge in [0.2, 0.25) is 0 Å². The zero-order chi connectivity index (χ0) is 21.2. The number of aromatic carboxylic acids is 1. The molecule has 0 aliphatic carbocycles. The third-order valence-electron chi connectivity index (χ3n) is 5.42. The normalized spacial score (nSPS) is 15.3. The van der Waals surface area contributed by atoms with E-state index in [-0.39, 0.29) is 16.1 Å². The van der Waals surface area contributed by atoms with E-state index in [1.54, 1.807) is 31.2 Å². The summed E-state index contributed by atoms with van der Waals surface area (Å²) in [5, 5.41) is 9.67. The van der Waals surface area contributed by atoms with Crippen molar-refractivity contribution in [3.05, 3.63) is 53.1 Å². The molecule has 0 bridgehead atoms. The van der Waals surface area contributed by atoms with Gasteiger partial charge < -0.3 is 14.9 Å². The summed E-state index contributed by atoms with van der Waals surface area (Å²) >= 11 is 0. The van der Waals surface area contributed by atoms with Gasteiger partial charge in [0.15, 0.2) is 0 Å². The molecule has 1 aliphatic rings. The van der Waals surface area contributed by atoms with E-state index in [0.717, 1.165) is 31.7 Å². The quantitative estimate of drug-likeness (QED) is 0.751. The van der Waals surface area contributed by atoms with E-state index < -0.39 is 16.0 Å². The lowest BCUT2D eigenvalue weighted by atomic mass is 9.99. The Hall–Kier alpha value is -2.58. The number of aryl methyl sites for hydroxylation is 1. The number of carbonyl (C=O) groups is 1. The maximum absolute atomic E-state index is 13.2. The van der Waals surface area contributed by atoms with Crippen LogP contribution in [0.25, 0.3) is 0 Å². The highest BCUT2D eigenvalue weighted by molar-refractivity contribution is 7.92. The standard InChI is InChI=1S/C21H27N3O4S/c1-4-16-9-10-17(20(15(16)2)21(25)26)22-29(27,28)19-8-6-5-7-18(19)24-13-11-23(3)12-14-24/h5-10,22H,4,11-14H2,1-3H3,(H,25,26). The van der Waals surface area contributed by atoms with Crippen molar-refractivity contribution in [3.8, 4) is 0 Å². The van der Waals surface area contributed by atoms with Crippen LogP contribution in [-0.2, 0) is 16.4 Å². The summed E-state index contributed by atoms with van der Waals surface area (Å²) < 4.78 is 29.0. The molecule has 29 heavy (non-hydrogen) atoms. The van der Waals surface area contributed by atoms with Gasteiger partial charge >= 0.3 is 5.97 Å². The van der Waals surface area contributed by atoms with Crippen LogP contribution < -0.4 is 9.62 Å². The first-order chi connectivity index (χ1) is 13.7. The van der Waals surface area contributed by atoms with Gasteiger partial charge in [-0.25, -0.2) is 13.2 Å². The van der Waals surface area contributed by atoms with Crippen LogP contribution in [0.2, 0.25) is 0 Å². The summed E-state index contributed by atoms with van der Waals surface area (Å²) in [4.78, 5) is 16.2. The van der Waals surface area contributed by atoms with E-state index in [4.69, 9.17) is 0 Å². The Bertz CT molecular complexity index is 1010. The molecule has 156 valence electrons. The highest BCUT2D eigenvalue weighted by Crippen LogP contribution is 2.30. The zero-order valence-electron chi connectivity index (χ0n) is 17.0. The predicted molar refractivity (Wildman–Crippen MR) is 114 cm³/mol. The lowest BCUT2D eigenvalue weighted by Gasteiger charge is -2.35. The Morgan fingerprint density at radius 2 is 1.76 bits per heavy atom. The smallest absolute Gasteiger partial charge is 0.338 e. The minimum Gasteiger partial charge on any atom is -0.478 e. The highest BCUT2D eigenvalue weighted by atomic mass is 32.2. The van der Waals surface area contributed by atoms with E-state index in [1.165, 1.54) is 6.07 Å². The molecule has 8 heteroatoms. The molecule has 0 atom stereocenters. The van der Waals surface area contributed by atoms with Crippen LogP contribution in [0.1, 0.15) is 28.4 Å². The minimum absolute atomic E-state index is 0.00926. The minimum atomic E-state index is -3.97.